The molecule has 0 spiro atoms. The number of piperidine rings is 1. The number of aliphatic hydroxyl groups excluding tert-OH is 1. The average molecular weight is 343 g/mol. The molecule has 1 aromatic heterocycles. The second-order valence-corrected chi connectivity index (χ2v) is 6.82. The van der Waals surface area contributed by atoms with Crippen molar-refractivity contribution in [3.05, 3.63) is 24.0 Å². The number of alkyl halides is 3. The van der Waals surface area contributed by atoms with Crippen molar-refractivity contribution in [1.29, 1.82) is 0 Å². The van der Waals surface area contributed by atoms with Crippen molar-refractivity contribution in [3.63, 3.8) is 0 Å². The van der Waals surface area contributed by atoms with Crippen molar-refractivity contribution in [2.45, 2.75) is 37.9 Å². The normalized spacial score (nSPS) is 26.1. The molecule has 0 saturated carbocycles. The van der Waals surface area contributed by atoms with Crippen molar-refractivity contribution in [2.24, 2.45) is 5.92 Å². The van der Waals surface area contributed by atoms with Crippen LogP contribution in [0.3, 0.4) is 0 Å². The van der Waals surface area contributed by atoms with Crippen LogP contribution in [0.5, 0.6) is 0 Å². The first-order valence-electron chi connectivity index (χ1n) is 8.60. The van der Waals surface area contributed by atoms with Gasteiger partial charge in [0.2, 0.25) is 0 Å². The minimum absolute atomic E-state index is 0.164. The predicted molar refractivity (Wildman–Crippen MR) is 85.9 cm³/mol. The lowest BCUT2D eigenvalue weighted by Crippen LogP contribution is -2.44. The number of rotatable bonds is 4. The Bertz CT molecular complexity index is 552. The molecule has 2 saturated heterocycles. The van der Waals surface area contributed by atoms with Gasteiger partial charge in [-0.1, -0.05) is 6.42 Å². The molecule has 0 amide bonds. The van der Waals surface area contributed by atoms with E-state index in [-0.39, 0.29) is 18.3 Å². The Morgan fingerprint density at radius 2 is 2.04 bits per heavy atom. The molecule has 2 fully saturated rings. The van der Waals surface area contributed by atoms with E-state index in [1.54, 1.807) is 4.90 Å². The molecule has 1 N–H and O–H groups in total. The van der Waals surface area contributed by atoms with Crippen LogP contribution in [0.4, 0.5) is 18.9 Å². The molecular formula is C17H24F3N3O. The molecule has 134 valence electrons. The van der Waals surface area contributed by atoms with Crippen molar-refractivity contribution >= 4 is 5.69 Å². The maximum atomic E-state index is 13.2. The summed E-state index contributed by atoms with van der Waals surface area (Å²) in [5.74, 6) is 0.332. The number of halogens is 3. The maximum absolute atomic E-state index is 13.2. The summed E-state index contributed by atoms with van der Waals surface area (Å²) in [5, 5.41) is 9.51. The van der Waals surface area contributed by atoms with Gasteiger partial charge in [-0.3, -0.25) is 9.88 Å². The van der Waals surface area contributed by atoms with Crippen LogP contribution >= 0.6 is 0 Å². The average Bonchev–Trinajstić information content (AvgIpc) is 3.03. The van der Waals surface area contributed by atoms with E-state index in [1.165, 1.54) is 12.4 Å². The van der Waals surface area contributed by atoms with Gasteiger partial charge in [-0.2, -0.15) is 13.2 Å². The maximum Gasteiger partial charge on any atom is 0.418 e. The first-order valence-corrected chi connectivity index (χ1v) is 8.60. The molecule has 2 aliphatic rings. The van der Waals surface area contributed by atoms with Crippen LogP contribution in [0.25, 0.3) is 0 Å². The number of likely N-dealkylation sites (tertiary alicyclic amines) is 1. The summed E-state index contributed by atoms with van der Waals surface area (Å²) >= 11 is 0. The van der Waals surface area contributed by atoms with Crippen molar-refractivity contribution < 1.29 is 18.3 Å². The quantitative estimate of drug-likeness (QED) is 0.913. The Hall–Kier alpha value is -1.34. The van der Waals surface area contributed by atoms with Crippen molar-refractivity contribution in [3.8, 4) is 0 Å². The largest absolute Gasteiger partial charge is 0.418 e. The van der Waals surface area contributed by atoms with Gasteiger partial charge in [-0.15, -0.1) is 0 Å². The van der Waals surface area contributed by atoms with Gasteiger partial charge in [-0.25, -0.2) is 0 Å². The zero-order chi connectivity index (χ0) is 17.2. The third-order valence-corrected chi connectivity index (χ3v) is 5.18. The Morgan fingerprint density at radius 3 is 2.79 bits per heavy atom. The summed E-state index contributed by atoms with van der Waals surface area (Å²) < 4.78 is 39.5. The van der Waals surface area contributed by atoms with E-state index < -0.39 is 11.7 Å². The molecule has 0 radical (unpaired) electrons. The SMILES string of the molecule is OCC1CCCCN1C[C@@H]1CCN(c2cnccc2C(F)(F)F)C1. The van der Waals surface area contributed by atoms with E-state index >= 15 is 0 Å². The molecule has 3 rings (SSSR count). The van der Waals surface area contributed by atoms with Crippen LogP contribution in [-0.4, -0.2) is 53.8 Å². The van der Waals surface area contributed by atoms with Gasteiger partial charge >= 0.3 is 6.18 Å². The number of hydrogen-bond acceptors (Lipinski definition) is 4. The predicted octanol–water partition coefficient (Wildman–Crippen LogP) is 2.77. The van der Waals surface area contributed by atoms with E-state index in [4.69, 9.17) is 0 Å². The van der Waals surface area contributed by atoms with E-state index in [1.807, 2.05) is 0 Å². The third kappa shape index (κ3) is 3.83. The number of aromatic nitrogens is 1. The minimum atomic E-state index is -4.36. The van der Waals surface area contributed by atoms with Gasteiger partial charge in [0.15, 0.2) is 0 Å². The van der Waals surface area contributed by atoms with E-state index in [9.17, 15) is 18.3 Å². The number of nitrogens with zero attached hydrogens (tertiary/aromatic N) is 3. The fourth-order valence-electron chi connectivity index (χ4n) is 3.92. The van der Waals surface area contributed by atoms with Crippen molar-refractivity contribution in [1.82, 2.24) is 9.88 Å². The van der Waals surface area contributed by atoms with Gasteiger partial charge < -0.3 is 10.0 Å². The highest BCUT2D eigenvalue weighted by atomic mass is 19.4. The van der Waals surface area contributed by atoms with Crippen LogP contribution in [0.2, 0.25) is 0 Å². The van der Waals surface area contributed by atoms with Gasteiger partial charge in [0.05, 0.1) is 24.1 Å². The minimum Gasteiger partial charge on any atom is -0.395 e. The van der Waals surface area contributed by atoms with Crippen LogP contribution in [0.1, 0.15) is 31.2 Å². The van der Waals surface area contributed by atoms with Gasteiger partial charge in [0, 0.05) is 31.9 Å². The molecule has 0 bridgehead atoms. The smallest absolute Gasteiger partial charge is 0.395 e. The lowest BCUT2D eigenvalue weighted by molar-refractivity contribution is -0.137. The van der Waals surface area contributed by atoms with Gasteiger partial charge in [0.25, 0.3) is 0 Å². The van der Waals surface area contributed by atoms with Crippen LogP contribution < -0.4 is 4.90 Å². The summed E-state index contributed by atoms with van der Waals surface area (Å²) in [4.78, 5) is 8.00. The number of pyridine rings is 1. The number of anilines is 1. The molecule has 3 heterocycles. The Labute approximate surface area is 140 Å². The monoisotopic (exact) mass is 343 g/mol. The molecule has 2 atom stereocenters. The summed E-state index contributed by atoms with van der Waals surface area (Å²) in [7, 11) is 0. The number of hydrogen-bond donors (Lipinski definition) is 1. The molecule has 0 aliphatic carbocycles. The highest BCUT2D eigenvalue weighted by Gasteiger charge is 2.37. The Balaban J connectivity index is 1.66. The first-order chi connectivity index (χ1) is 11.5. The summed E-state index contributed by atoms with van der Waals surface area (Å²) in [6, 6.07) is 1.26. The lowest BCUT2D eigenvalue weighted by Gasteiger charge is -2.36. The zero-order valence-corrected chi connectivity index (χ0v) is 13.7. The standard InChI is InChI=1S/C17H24F3N3O/c18-17(19,20)15-4-6-21-9-16(15)23-8-5-13(11-23)10-22-7-2-1-3-14(22)12-24/h4,6,9,13-14,24H,1-3,5,7-8,10-12H2/t13-,14?/m0/s1. The van der Waals surface area contributed by atoms with E-state index in [0.29, 0.717) is 19.0 Å². The Kier molecular flexibility index (Phi) is 5.30. The zero-order valence-electron chi connectivity index (χ0n) is 13.7. The molecule has 4 nitrogen and oxygen atoms in total. The Morgan fingerprint density at radius 1 is 1.21 bits per heavy atom. The topological polar surface area (TPSA) is 39.6 Å². The molecule has 0 aromatic carbocycles. The summed E-state index contributed by atoms with van der Waals surface area (Å²) in [5.41, 5.74) is -0.422. The molecule has 1 unspecified atom stereocenters. The lowest BCUT2D eigenvalue weighted by atomic mass is 10.00. The van der Waals surface area contributed by atoms with Gasteiger partial charge in [0.1, 0.15) is 0 Å². The van der Waals surface area contributed by atoms with Crippen LogP contribution in [0, 0.1) is 5.92 Å². The second-order valence-electron chi connectivity index (χ2n) is 6.82. The van der Waals surface area contributed by atoms with Crippen LogP contribution in [0.15, 0.2) is 18.5 Å². The summed E-state index contributed by atoms with van der Waals surface area (Å²) in [6.07, 6.45) is 2.32. The van der Waals surface area contributed by atoms with Gasteiger partial charge in [-0.05, 0) is 37.8 Å². The summed E-state index contributed by atoms with van der Waals surface area (Å²) in [6.45, 7) is 3.23. The van der Waals surface area contributed by atoms with Crippen molar-refractivity contribution in [2.75, 3.05) is 37.7 Å². The molecule has 2 aliphatic heterocycles. The third-order valence-electron chi connectivity index (χ3n) is 5.18. The molecular weight excluding hydrogens is 319 g/mol. The van der Waals surface area contributed by atoms with E-state index in [2.05, 4.69) is 9.88 Å². The second kappa shape index (κ2) is 7.27. The fourth-order valence-corrected chi connectivity index (χ4v) is 3.92. The molecule has 24 heavy (non-hydrogen) atoms. The highest BCUT2D eigenvalue weighted by Crippen LogP contribution is 2.37. The highest BCUT2D eigenvalue weighted by molar-refractivity contribution is 5.53. The van der Waals surface area contributed by atoms with E-state index in [0.717, 1.165) is 44.8 Å². The number of aliphatic hydroxyl groups is 1. The fraction of sp³-hybridized carbons (Fsp3) is 0.706. The molecule has 7 heteroatoms. The van der Waals surface area contributed by atoms with Crippen LogP contribution in [-0.2, 0) is 6.18 Å². The molecule has 1 aromatic rings. The first kappa shape index (κ1) is 17.5.